The summed E-state index contributed by atoms with van der Waals surface area (Å²) in [6.45, 7) is 1.39. The van der Waals surface area contributed by atoms with Crippen molar-refractivity contribution in [2.45, 2.75) is 12.8 Å². The van der Waals surface area contributed by atoms with Crippen LogP contribution in [0.25, 0.3) is 0 Å². The van der Waals surface area contributed by atoms with Crippen molar-refractivity contribution >= 4 is 23.2 Å². The molecule has 5 heteroatoms. The van der Waals surface area contributed by atoms with Crippen LogP contribution < -0.4 is 5.73 Å². The average Bonchev–Trinajstić information content (AvgIpc) is 2.02. The molecule has 2 N–H and O–H groups in total. The van der Waals surface area contributed by atoms with Crippen LogP contribution in [0, 0.1) is 0 Å². The fourth-order valence-corrected chi connectivity index (χ4v) is 1.16. The predicted octanol–water partition coefficient (Wildman–Crippen LogP) is 0.158. The zero-order valence-corrected chi connectivity index (χ0v) is 8.89. The summed E-state index contributed by atoms with van der Waals surface area (Å²) < 4.78 is 4.51. The molecule has 0 aromatic heterocycles. The number of esters is 1. The van der Waals surface area contributed by atoms with Gasteiger partial charge in [0.05, 0.1) is 12.1 Å². The molecule has 0 spiro atoms. The highest BCUT2D eigenvalue weighted by molar-refractivity contribution is 7.80. The van der Waals surface area contributed by atoms with Crippen LogP contribution in [0.1, 0.15) is 12.8 Å². The number of nitrogens with zero attached hydrogens (tertiary/aromatic N) is 1. The number of carbonyl (C=O) groups is 1. The number of thiocarbonyl (C=S) groups is 1. The highest BCUT2D eigenvalue weighted by Crippen LogP contribution is 1.94. The summed E-state index contributed by atoms with van der Waals surface area (Å²) in [6.07, 6.45) is 1.21. The van der Waals surface area contributed by atoms with Gasteiger partial charge in [-0.05, 0) is 20.0 Å². The zero-order chi connectivity index (χ0) is 10.3. The summed E-state index contributed by atoms with van der Waals surface area (Å²) in [5.74, 6) is -0.177. The van der Waals surface area contributed by atoms with Gasteiger partial charge in [-0.25, -0.2) is 0 Å². The molecule has 0 aliphatic rings. The van der Waals surface area contributed by atoms with Crippen molar-refractivity contribution in [3.05, 3.63) is 0 Å². The fraction of sp³-hybridized carbons (Fsp3) is 0.750. The van der Waals surface area contributed by atoms with Crippen molar-refractivity contribution in [1.29, 1.82) is 0 Å². The van der Waals surface area contributed by atoms with Gasteiger partial charge < -0.3 is 10.5 Å². The molecular formula is C8H16N2O2S. The average molecular weight is 204 g/mol. The summed E-state index contributed by atoms with van der Waals surface area (Å²) in [5.41, 5.74) is 5.35. The van der Waals surface area contributed by atoms with Crippen LogP contribution in [-0.2, 0) is 9.53 Å². The van der Waals surface area contributed by atoms with Crippen LogP contribution in [0.15, 0.2) is 0 Å². The SMILES string of the molecule is COC(=O)CCCN(C)CC(N)=S. The van der Waals surface area contributed by atoms with Gasteiger partial charge in [0.25, 0.3) is 0 Å². The zero-order valence-electron chi connectivity index (χ0n) is 8.08. The number of likely N-dealkylation sites (N-methyl/N-ethyl adjacent to an activating group) is 1. The van der Waals surface area contributed by atoms with E-state index in [1.807, 2.05) is 11.9 Å². The van der Waals surface area contributed by atoms with E-state index >= 15 is 0 Å². The van der Waals surface area contributed by atoms with E-state index in [1.54, 1.807) is 0 Å². The lowest BCUT2D eigenvalue weighted by Crippen LogP contribution is -2.30. The standard InChI is InChI=1S/C8H16N2O2S/c1-10(6-7(9)13)5-3-4-8(11)12-2/h3-6H2,1-2H3,(H2,9,13). The number of rotatable bonds is 6. The Bertz CT molecular complexity index is 185. The summed E-state index contributed by atoms with van der Waals surface area (Å²) in [6, 6.07) is 0. The van der Waals surface area contributed by atoms with Crippen LogP contribution in [0.4, 0.5) is 0 Å². The maximum atomic E-state index is 10.7. The monoisotopic (exact) mass is 204 g/mol. The van der Waals surface area contributed by atoms with Crippen LogP contribution in [0.3, 0.4) is 0 Å². The van der Waals surface area contributed by atoms with Crippen LogP contribution >= 0.6 is 12.2 Å². The minimum absolute atomic E-state index is 0.177. The Labute approximate surface area is 84.0 Å². The lowest BCUT2D eigenvalue weighted by molar-refractivity contribution is -0.140. The van der Waals surface area contributed by atoms with Gasteiger partial charge >= 0.3 is 5.97 Å². The number of carbonyl (C=O) groups excluding carboxylic acids is 1. The first-order valence-electron chi connectivity index (χ1n) is 4.10. The topological polar surface area (TPSA) is 55.6 Å². The molecule has 0 atom stereocenters. The van der Waals surface area contributed by atoms with Crippen molar-refractivity contribution in [2.75, 3.05) is 27.2 Å². The first kappa shape index (κ1) is 12.3. The Morgan fingerprint density at radius 2 is 2.23 bits per heavy atom. The van der Waals surface area contributed by atoms with Gasteiger partial charge in [0, 0.05) is 13.0 Å². The van der Waals surface area contributed by atoms with Crippen molar-refractivity contribution < 1.29 is 9.53 Å². The van der Waals surface area contributed by atoms with Crippen molar-refractivity contribution in [3.8, 4) is 0 Å². The first-order valence-corrected chi connectivity index (χ1v) is 4.50. The molecular weight excluding hydrogens is 188 g/mol. The number of ether oxygens (including phenoxy) is 1. The summed E-state index contributed by atoms with van der Waals surface area (Å²) in [4.78, 5) is 13.2. The van der Waals surface area contributed by atoms with Gasteiger partial charge in [0.15, 0.2) is 0 Å². The molecule has 0 saturated heterocycles. The molecule has 0 unspecified atom stereocenters. The highest BCUT2D eigenvalue weighted by Gasteiger charge is 2.03. The third kappa shape index (κ3) is 7.67. The Balaban J connectivity index is 3.42. The normalized spacial score (nSPS) is 10.1. The fourth-order valence-electron chi connectivity index (χ4n) is 0.940. The molecule has 0 aromatic carbocycles. The summed E-state index contributed by atoms with van der Waals surface area (Å²) in [5, 5.41) is 0. The second kappa shape index (κ2) is 6.80. The molecule has 0 fully saturated rings. The number of hydrogen-bond acceptors (Lipinski definition) is 4. The van der Waals surface area contributed by atoms with Crippen molar-refractivity contribution in [2.24, 2.45) is 5.73 Å². The Morgan fingerprint density at radius 1 is 1.62 bits per heavy atom. The summed E-state index contributed by atoms with van der Waals surface area (Å²) >= 11 is 4.74. The van der Waals surface area contributed by atoms with E-state index in [4.69, 9.17) is 18.0 Å². The first-order chi connectivity index (χ1) is 6.06. The van der Waals surface area contributed by atoms with E-state index in [0.29, 0.717) is 18.0 Å². The second-order valence-corrected chi connectivity index (χ2v) is 3.41. The van der Waals surface area contributed by atoms with Gasteiger partial charge in [-0.2, -0.15) is 0 Å². The molecule has 0 amide bonds. The van der Waals surface area contributed by atoms with Gasteiger partial charge in [-0.15, -0.1) is 0 Å². The summed E-state index contributed by atoms with van der Waals surface area (Å²) in [7, 11) is 3.30. The van der Waals surface area contributed by atoms with E-state index in [-0.39, 0.29) is 5.97 Å². The van der Waals surface area contributed by atoms with Gasteiger partial charge in [0.2, 0.25) is 0 Å². The molecule has 0 bridgehead atoms. The number of hydrogen-bond donors (Lipinski definition) is 1. The number of nitrogens with two attached hydrogens (primary N) is 1. The maximum absolute atomic E-state index is 10.7. The highest BCUT2D eigenvalue weighted by atomic mass is 32.1. The van der Waals surface area contributed by atoms with E-state index < -0.39 is 0 Å². The third-order valence-corrected chi connectivity index (χ3v) is 1.70. The van der Waals surface area contributed by atoms with Crippen LogP contribution in [0.5, 0.6) is 0 Å². The van der Waals surface area contributed by atoms with E-state index in [9.17, 15) is 4.79 Å². The minimum Gasteiger partial charge on any atom is -0.469 e. The minimum atomic E-state index is -0.177. The molecule has 0 heterocycles. The van der Waals surface area contributed by atoms with Crippen molar-refractivity contribution in [3.63, 3.8) is 0 Å². The smallest absolute Gasteiger partial charge is 0.305 e. The molecule has 13 heavy (non-hydrogen) atoms. The number of methoxy groups -OCH3 is 1. The van der Waals surface area contributed by atoms with Crippen LogP contribution in [0.2, 0.25) is 0 Å². The van der Waals surface area contributed by atoms with Gasteiger partial charge in [-0.3, -0.25) is 9.69 Å². The quantitative estimate of drug-likeness (QED) is 0.493. The third-order valence-electron chi connectivity index (χ3n) is 1.57. The Hall–Kier alpha value is -0.680. The van der Waals surface area contributed by atoms with E-state index in [2.05, 4.69) is 4.74 Å². The molecule has 76 valence electrons. The second-order valence-electron chi connectivity index (χ2n) is 2.88. The Morgan fingerprint density at radius 3 is 2.69 bits per heavy atom. The van der Waals surface area contributed by atoms with Crippen LogP contribution in [-0.4, -0.2) is 43.1 Å². The molecule has 0 aromatic rings. The maximum Gasteiger partial charge on any atom is 0.305 e. The molecule has 0 saturated carbocycles. The van der Waals surface area contributed by atoms with E-state index in [0.717, 1.165) is 13.0 Å². The lowest BCUT2D eigenvalue weighted by atomic mass is 10.3. The molecule has 0 rings (SSSR count). The van der Waals surface area contributed by atoms with Gasteiger partial charge in [0.1, 0.15) is 0 Å². The molecule has 0 aliphatic heterocycles. The predicted molar refractivity (Wildman–Crippen MR) is 55.5 cm³/mol. The van der Waals surface area contributed by atoms with Crippen molar-refractivity contribution in [1.82, 2.24) is 4.90 Å². The lowest BCUT2D eigenvalue weighted by Gasteiger charge is -2.14. The molecule has 4 nitrogen and oxygen atoms in total. The molecule has 0 radical (unpaired) electrons. The van der Waals surface area contributed by atoms with Gasteiger partial charge in [-0.1, -0.05) is 12.2 Å². The Kier molecular flexibility index (Phi) is 6.44. The molecule has 0 aliphatic carbocycles. The van der Waals surface area contributed by atoms with E-state index in [1.165, 1.54) is 7.11 Å². The largest absolute Gasteiger partial charge is 0.469 e.